The third kappa shape index (κ3) is 47.8. The zero-order chi connectivity index (χ0) is 56.1. The second kappa shape index (κ2) is 61.2. The first-order valence-electron chi connectivity index (χ1n) is 33.9. The Hall–Kier alpha value is -1.83. The van der Waals surface area contributed by atoms with Crippen LogP contribution in [0.1, 0.15) is 329 Å². The molecule has 0 aliphatic rings. The van der Waals surface area contributed by atoms with E-state index in [0.29, 0.717) is 57.9 Å². The number of hydrogen-bond acceptors (Lipinski definition) is 12. The molecular weight excluding hydrogens is 973 g/mol. The van der Waals surface area contributed by atoms with Crippen molar-refractivity contribution >= 4 is 17.8 Å². The topological polar surface area (TPSA) is 104 Å². The van der Waals surface area contributed by atoms with E-state index in [9.17, 15) is 0 Å². The van der Waals surface area contributed by atoms with Gasteiger partial charge in [0, 0.05) is 41.2 Å². The van der Waals surface area contributed by atoms with Crippen LogP contribution in [-0.4, -0.2) is 96.5 Å². The van der Waals surface area contributed by atoms with Crippen LogP contribution in [0.4, 0.5) is 17.8 Å². The van der Waals surface area contributed by atoms with Crippen molar-refractivity contribution in [3.63, 3.8) is 0 Å². The van der Waals surface area contributed by atoms with Gasteiger partial charge in [0.2, 0.25) is 17.8 Å². The molecule has 1 rings (SSSR count). The van der Waals surface area contributed by atoms with Crippen LogP contribution in [0.2, 0.25) is 0 Å². The van der Waals surface area contributed by atoms with Crippen LogP contribution in [0.3, 0.4) is 0 Å². The van der Waals surface area contributed by atoms with Gasteiger partial charge in [-0.05, 0) is 19.3 Å². The van der Waals surface area contributed by atoms with Gasteiger partial charge < -0.3 is 28.4 Å². The summed E-state index contributed by atoms with van der Waals surface area (Å²) in [6.45, 7) is 10.6. The predicted octanol–water partition coefficient (Wildman–Crippen LogP) is 19.8. The van der Waals surface area contributed by atoms with E-state index < -0.39 is 0 Å². The van der Waals surface area contributed by atoms with Crippen LogP contribution in [0, 0.1) is 0 Å². The first-order valence-corrected chi connectivity index (χ1v) is 33.9. The van der Waals surface area contributed by atoms with Gasteiger partial charge in [-0.2, -0.15) is 15.0 Å². The molecule has 0 saturated heterocycles. The highest BCUT2D eigenvalue weighted by Crippen LogP contribution is 2.22. The predicted molar refractivity (Wildman–Crippen MR) is 334 cm³/mol. The van der Waals surface area contributed by atoms with Gasteiger partial charge in [-0.15, -0.1) is 0 Å². The van der Waals surface area contributed by atoms with Gasteiger partial charge in [0.25, 0.3) is 0 Å². The summed E-state index contributed by atoms with van der Waals surface area (Å²) < 4.78 is 35.9. The quantitative estimate of drug-likeness (QED) is 0.0458. The van der Waals surface area contributed by atoms with Crippen molar-refractivity contribution in [1.82, 2.24) is 15.0 Å². The number of anilines is 3. The number of unbranched alkanes of at least 4 members (excludes halogenated alkanes) is 45. The minimum absolute atomic E-state index is 0.252. The summed E-state index contributed by atoms with van der Waals surface area (Å²) in [5.74, 6) is 1.38. The maximum Gasteiger partial charge on any atom is 0.235 e. The van der Waals surface area contributed by atoms with E-state index in [2.05, 4.69) is 20.8 Å². The van der Waals surface area contributed by atoms with Crippen molar-refractivity contribution in [3.05, 3.63) is 0 Å². The summed E-state index contributed by atoms with van der Waals surface area (Å²) in [6.07, 6.45) is 64.8. The van der Waals surface area contributed by atoms with Crippen LogP contribution in [0.25, 0.3) is 0 Å². The second-order valence-corrected chi connectivity index (χ2v) is 23.1. The Morgan fingerprint density at radius 1 is 0.218 bits per heavy atom. The molecule has 0 aromatic carbocycles. The normalized spacial score (nSPS) is 11.6. The van der Waals surface area contributed by atoms with E-state index in [1.807, 2.05) is 14.7 Å². The molecule has 0 amide bonds. The average Bonchev–Trinajstić information content (AvgIpc) is 3.46. The van der Waals surface area contributed by atoms with Gasteiger partial charge in [-0.1, -0.05) is 310 Å². The third-order valence-corrected chi connectivity index (χ3v) is 15.5. The molecule has 0 fully saturated rings. The van der Waals surface area contributed by atoms with Gasteiger partial charge in [-0.3, -0.25) is 14.7 Å². The van der Waals surface area contributed by atoms with Crippen molar-refractivity contribution in [3.8, 4) is 0 Å². The highest BCUT2D eigenvalue weighted by atomic mass is 16.5. The zero-order valence-electron chi connectivity index (χ0n) is 52.9. The molecule has 0 unspecified atom stereocenters. The first-order chi connectivity index (χ1) is 38.6. The molecular formula is C66H132N6O6. The molecule has 0 saturated carbocycles. The molecule has 0 atom stereocenters. The van der Waals surface area contributed by atoms with Crippen LogP contribution in [-0.2, 0) is 28.4 Å². The van der Waals surface area contributed by atoms with Crippen LogP contribution < -0.4 is 14.7 Å². The Morgan fingerprint density at radius 2 is 0.372 bits per heavy atom. The Balaban J connectivity index is 2.75. The van der Waals surface area contributed by atoms with E-state index in [0.717, 1.165) is 19.3 Å². The number of aromatic nitrogens is 3. The number of hydrogen-bond donors (Lipinski definition) is 0. The number of methoxy groups -OCH3 is 3. The van der Waals surface area contributed by atoms with Crippen LogP contribution >= 0.6 is 0 Å². The van der Waals surface area contributed by atoms with Crippen LogP contribution in [0.5, 0.6) is 0 Å². The summed E-state index contributed by atoms with van der Waals surface area (Å²) in [7, 11) is 5.03. The van der Waals surface area contributed by atoms with Crippen LogP contribution in [0.15, 0.2) is 0 Å². The summed E-state index contributed by atoms with van der Waals surface area (Å²) in [4.78, 5) is 20.8. The van der Waals surface area contributed by atoms with Gasteiger partial charge >= 0.3 is 0 Å². The lowest BCUT2D eigenvalue weighted by Gasteiger charge is -2.28. The summed E-state index contributed by atoms with van der Waals surface area (Å²) in [5, 5.41) is 0. The second-order valence-electron chi connectivity index (χ2n) is 23.1. The maximum atomic E-state index is 6.39. The smallest absolute Gasteiger partial charge is 0.235 e. The molecule has 12 heteroatoms. The monoisotopic (exact) mass is 1110 g/mol. The fourth-order valence-electron chi connectivity index (χ4n) is 10.5. The zero-order valence-corrected chi connectivity index (χ0v) is 52.9. The van der Waals surface area contributed by atoms with E-state index in [4.69, 9.17) is 43.4 Å². The average molecular weight is 1110 g/mol. The SMILES string of the molecule is CCCCCCCCCCCCCCCCCCOCN(COC)c1nc(N(COC)COC)nc(N(COCCCCCCCCCCCCCCCCCC)COCCCCCCCCCCCCCCCCCC)n1. The number of nitrogens with zero attached hydrogens (tertiary/aromatic N) is 6. The maximum absolute atomic E-state index is 6.39. The van der Waals surface area contributed by atoms with Crippen molar-refractivity contribution in [2.45, 2.75) is 329 Å². The summed E-state index contributed by atoms with van der Waals surface area (Å²) in [6, 6.07) is 0. The molecule has 0 aliphatic carbocycles. The summed E-state index contributed by atoms with van der Waals surface area (Å²) in [5.41, 5.74) is 0. The fraction of sp³-hybridized carbons (Fsp3) is 0.955. The lowest BCUT2D eigenvalue weighted by atomic mass is 10.0. The van der Waals surface area contributed by atoms with E-state index in [1.165, 1.54) is 289 Å². The van der Waals surface area contributed by atoms with Gasteiger partial charge in [0.15, 0.2) is 0 Å². The highest BCUT2D eigenvalue weighted by Gasteiger charge is 2.21. The molecule has 462 valence electrons. The molecule has 0 N–H and O–H groups in total. The molecule has 1 heterocycles. The number of ether oxygens (including phenoxy) is 6. The van der Waals surface area contributed by atoms with Gasteiger partial charge in [0.1, 0.15) is 40.4 Å². The van der Waals surface area contributed by atoms with Crippen molar-refractivity contribution in [2.75, 3.05) is 96.2 Å². The van der Waals surface area contributed by atoms with Crippen molar-refractivity contribution < 1.29 is 28.4 Å². The minimum Gasteiger partial charge on any atom is -0.364 e. The molecule has 12 nitrogen and oxygen atoms in total. The van der Waals surface area contributed by atoms with Crippen molar-refractivity contribution in [1.29, 1.82) is 0 Å². The summed E-state index contributed by atoms with van der Waals surface area (Å²) >= 11 is 0. The Morgan fingerprint density at radius 3 is 0.551 bits per heavy atom. The molecule has 0 radical (unpaired) electrons. The van der Waals surface area contributed by atoms with E-state index in [-0.39, 0.29) is 20.2 Å². The van der Waals surface area contributed by atoms with E-state index in [1.54, 1.807) is 21.3 Å². The minimum atomic E-state index is 0.252. The lowest BCUT2D eigenvalue weighted by Crippen LogP contribution is -2.36. The highest BCUT2D eigenvalue weighted by molar-refractivity contribution is 5.45. The van der Waals surface area contributed by atoms with Gasteiger partial charge in [0.05, 0.1) is 0 Å². The third-order valence-electron chi connectivity index (χ3n) is 15.5. The Bertz CT molecular complexity index is 1270. The van der Waals surface area contributed by atoms with Gasteiger partial charge in [-0.25, -0.2) is 0 Å². The molecule has 1 aromatic heterocycles. The molecule has 78 heavy (non-hydrogen) atoms. The molecule has 0 bridgehead atoms. The standard InChI is InChI=1S/C66H132N6O6/c1-7-10-13-16-19-22-25-28-31-34-37-40-43-46-49-52-55-76-61-71(60-75-6)65-67-64(70(58-73-4)59-74-5)68-66(69-65)72(62-77-56-53-50-47-44-41-38-35-32-29-26-23-20-17-14-11-8-2)63-78-57-54-51-48-45-42-39-36-33-30-27-24-21-18-15-12-9-3/h7-63H2,1-6H3. The Kier molecular flexibility index (Phi) is 58.2. The molecule has 0 aliphatic heterocycles. The molecule has 0 spiro atoms. The lowest BCUT2D eigenvalue weighted by molar-refractivity contribution is 0.0799. The first kappa shape index (κ1) is 74.2. The largest absolute Gasteiger partial charge is 0.364 e. The van der Waals surface area contributed by atoms with Crippen molar-refractivity contribution in [2.24, 2.45) is 0 Å². The molecule has 1 aromatic rings. The number of rotatable bonds is 66. The van der Waals surface area contributed by atoms with E-state index >= 15 is 0 Å². The fourth-order valence-corrected chi connectivity index (χ4v) is 10.5. The Labute approximate surface area is 484 Å².